The minimum Gasteiger partial charge on any atom is -0.460 e. The summed E-state index contributed by atoms with van der Waals surface area (Å²) in [5.74, 6) is -2.02. The molecule has 0 aliphatic heterocycles. The average Bonchev–Trinajstić information content (AvgIpc) is 2.76. The van der Waals surface area contributed by atoms with E-state index in [1.165, 1.54) is 0 Å². The molecule has 9 heteroatoms. The molecule has 2 aromatic rings. The van der Waals surface area contributed by atoms with E-state index in [4.69, 9.17) is 13.1 Å². The molecule has 2 rings (SSSR count). The lowest BCUT2D eigenvalue weighted by Gasteiger charge is -2.08. The van der Waals surface area contributed by atoms with E-state index in [2.05, 4.69) is 18.3 Å². The van der Waals surface area contributed by atoms with Gasteiger partial charge in [-0.15, -0.1) is 4.91 Å². The summed E-state index contributed by atoms with van der Waals surface area (Å²) < 4.78 is 15.1. The second kappa shape index (κ2) is 11.1. The zero-order chi connectivity index (χ0) is 21.2. The van der Waals surface area contributed by atoms with Gasteiger partial charge in [0.05, 0.1) is 30.7 Å². The van der Waals surface area contributed by atoms with Crippen molar-refractivity contribution in [3.8, 4) is 11.1 Å². The molecule has 0 saturated carbocycles. The molecule has 0 unspecified atom stereocenters. The maximum Gasteiger partial charge on any atom is 0.374 e. The van der Waals surface area contributed by atoms with E-state index in [0.29, 0.717) is 0 Å². The standard InChI is InChI=1S/C20H17NO6S2/c1-4-25-20(23)14(3)27-29-18-11-7-16(8-12-18)15-5-9-17(10-6-15)28-26-13(2)19(22)21-24/h5-12H,2-4H2,1H3. The predicted octanol–water partition coefficient (Wildman–Crippen LogP) is 5.28. The first kappa shape index (κ1) is 22.3. The van der Waals surface area contributed by atoms with Gasteiger partial charge in [0.25, 0.3) is 0 Å². The summed E-state index contributed by atoms with van der Waals surface area (Å²) in [5, 5.41) is 2.24. The molecule has 29 heavy (non-hydrogen) atoms. The second-order valence-corrected chi connectivity index (χ2v) is 6.95. The van der Waals surface area contributed by atoms with Crippen molar-refractivity contribution in [1.29, 1.82) is 0 Å². The zero-order valence-corrected chi connectivity index (χ0v) is 17.1. The largest absolute Gasteiger partial charge is 0.460 e. The van der Waals surface area contributed by atoms with E-state index in [0.717, 1.165) is 45.0 Å². The summed E-state index contributed by atoms with van der Waals surface area (Å²) in [6.45, 7) is 8.82. The number of esters is 1. The summed E-state index contributed by atoms with van der Waals surface area (Å²) in [6.07, 6.45) is 0. The third-order valence-electron chi connectivity index (χ3n) is 3.34. The van der Waals surface area contributed by atoms with Crippen molar-refractivity contribution in [3.05, 3.63) is 78.1 Å². The Morgan fingerprint density at radius 1 is 0.862 bits per heavy atom. The first-order chi connectivity index (χ1) is 13.9. The molecule has 150 valence electrons. The molecule has 0 spiro atoms. The molecule has 7 nitrogen and oxygen atoms in total. The lowest BCUT2D eigenvalue weighted by Crippen LogP contribution is -2.06. The van der Waals surface area contributed by atoms with Gasteiger partial charge < -0.3 is 13.1 Å². The molecule has 0 saturated heterocycles. The number of carbonyl (C=O) groups is 2. The van der Waals surface area contributed by atoms with Crippen molar-refractivity contribution in [2.75, 3.05) is 6.61 Å². The van der Waals surface area contributed by atoms with Crippen LogP contribution < -0.4 is 0 Å². The summed E-state index contributed by atoms with van der Waals surface area (Å²) in [6, 6.07) is 14.9. The molecule has 0 aliphatic rings. The number of nitrogens with zero attached hydrogens (tertiary/aromatic N) is 1. The van der Waals surface area contributed by atoms with Gasteiger partial charge >= 0.3 is 11.9 Å². The number of nitroso groups, excluding NO2 is 1. The molecule has 0 N–H and O–H groups in total. The maximum atomic E-state index is 11.5. The smallest absolute Gasteiger partial charge is 0.374 e. The van der Waals surface area contributed by atoms with Crippen LogP contribution in [0.15, 0.2) is 88.2 Å². The van der Waals surface area contributed by atoms with Crippen molar-refractivity contribution in [2.45, 2.75) is 16.7 Å². The number of hydrogen-bond acceptors (Lipinski definition) is 8. The van der Waals surface area contributed by atoms with E-state index in [-0.39, 0.29) is 18.1 Å². The minimum absolute atomic E-state index is 0.0652. The average molecular weight is 431 g/mol. The van der Waals surface area contributed by atoms with Gasteiger partial charge in [-0.1, -0.05) is 24.3 Å². The summed E-state index contributed by atoms with van der Waals surface area (Å²) in [4.78, 5) is 34.1. The third-order valence-corrected chi connectivity index (χ3v) is 4.84. The van der Waals surface area contributed by atoms with Gasteiger partial charge in [-0.25, -0.2) is 4.79 Å². The normalized spacial score (nSPS) is 9.97. The first-order valence-corrected chi connectivity index (χ1v) is 9.75. The Bertz CT molecular complexity index is 910. The fourth-order valence-electron chi connectivity index (χ4n) is 1.93. The van der Waals surface area contributed by atoms with Crippen LogP contribution in [0.2, 0.25) is 0 Å². The highest BCUT2D eigenvalue weighted by molar-refractivity contribution is 7.95. The van der Waals surface area contributed by atoms with E-state index >= 15 is 0 Å². The van der Waals surface area contributed by atoms with Crippen molar-refractivity contribution >= 4 is 36.0 Å². The van der Waals surface area contributed by atoms with Crippen LogP contribution >= 0.6 is 24.1 Å². The summed E-state index contributed by atoms with van der Waals surface area (Å²) in [5.41, 5.74) is 1.94. The molecule has 0 aromatic heterocycles. The van der Waals surface area contributed by atoms with Crippen molar-refractivity contribution in [3.63, 3.8) is 0 Å². The van der Waals surface area contributed by atoms with Gasteiger partial charge in [0.1, 0.15) is 0 Å². The third kappa shape index (κ3) is 6.81. The Morgan fingerprint density at radius 3 is 1.72 bits per heavy atom. The number of benzene rings is 2. The topological polar surface area (TPSA) is 91.3 Å². The van der Waals surface area contributed by atoms with Crippen LogP contribution in [0.25, 0.3) is 11.1 Å². The van der Waals surface area contributed by atoms with Gasteiger partial charge in [-0.05, 0) is 55.5 Å². The highest BCUT2D eigenvalue weighted by Crippen LogP contribution is 2.29. The zero-order valence-electron chi connectivity index (χ0n) is 15.5. The highest BCUT2D eigenvalue weighted by atomic mass is 32.2. The Morgan fingerprint density at radius 2 is 1.31 bits per heavy atom. The van der Waals surface area contributed by atoms with Crippen molar-refractivity contribution in [1.82, 2.24) is 0 Å². The number of hydrogen-bond donors (Lipinski definition) is 0. The predicted molar refractivity (Wildman–Crippen MR) is 111 cm³/mol. The molecule has 2 aromatic carbocycles. The Kier molecular flexibility index (Phi) is 8.50. The van der Waals surface area contributed by atoms with Crippen LogP contribution in [0.5, 0.6) is 0 Å². The Labute approximate surface area is 176 Å². The van der Waals surface area contributed by atoms with Crippen LogP contribution in [0, 0.1) is 4.91 Å². The molecule has 0 bridgehead atoms. The molecule has 0 heterocycles. The lowest BCUT2D eigenvalue weighted by molar-refractivity contribution is -0.140. The van der Waals surface area contributed by atoms with Crippen LogP contribution in [-0.4, -0.2) is 18.5 Å². The van der Waals surface area contributed by atoms with Crippen LogP contribution in [0.1, 0.15) is 6.92 Å². The fraction of sp³-hybridized carbons (Fsp3) is 0.100. The molecule has 0 radical (unpaired) electrons. The number of amides is 1. The maximum absolute atomic E-state index is 11.5. The Hall–Kier alpha value is -3.04. The van der Waals surface area contributed by atoms with Crippen molar-refractivity contribution < 1.29 is 22.7 Å². The number of rotatable bonds is 10. The van der Waals surface area contributed by atoms with Gasteiger partial charge in [0.2, 0.25) is 11.5 Å². The SMILES string of the molecule is C=C(OSc1ccc(-c2ccc(SOC(=C)C(=O)OCC)cc2)cc1)C(=O)N=O. The lowest BCUT2D eigenvalue weighted by atomic mass is 10.1. The molecule has 0 aliphatic carbocycles. The van der Waals surface area contributed by atoms with Crippen LogP contribution in [-0.2, 0) is 22.7 Å². The molecular weight excluding hydrogens is 414 g/mol. The van der Waals surface area contributed by atoms with Crippen LogP contribution in [0.3, 0.4) is 0 Å². The summed E-state index contributed by atoms with van der Waals surface area (Å²) >= 11 is 1.92. The number of carbonyl (C=O) groups excluding carboxylic acids is 2. The molecular formula is C20H17NO6S2. The molecule has 0 atom stereocenters. The minimum atomic E-state index is -1.04. The van der Waals surface area contributed by atoms with E-state index in [1.807, 2.05) is 36.4 Å². The van der Waals surface area contributed by atoms with Crippen LogP contribution in [0.4, 0.5) is 0 Å². The van der Waals surface area contributed by atoms with E-state index in [9.17, 15) is 14.5 Å². The first-order valence-electron chi connectivity index (χ1n) is 8.26. The van der Waals surface area contributed by atoms with Crippen molar-refractivity contribution in [2.24, 2.45) is 5.18 Å². The van der Waals surface area contributed by atoms with Gasteiger partial charge in [-0.2, -0.15) is 0 Å². The van der Waals surface area contributed by atoms with Gasteiger partial charge in [0.15, 0.2) is 0 Å². The molecule has 1 amide bonds. The number of ether oxygens (including phenoxy) is 1. The van der Waals surface area contributed by atoms with E-state index < -0.39 is 11.9 Å². The second-order valence-electron chi connectivity index (χ2n) is 5.35. The van der Waals surface area contributed by atoms with Gasteiger partial charge in [0, 0.05) is 15.0 Å². The van der Waals surface area contributed by atoms with Gasteiger partial charge in [-0.3, -0.25) is 4.79 Å². The molecule has 0 fully saturated rings. The Balaban J connectivity index is 1.91. The monoisotopic (exact) mass is 431 g/mol. The highest BCUT2D eigenvalue weighted by Gasteiger charge is 2.11. The fourth-order valence-corrected chi connectivity index (χ4v) is 2.96. The van der Waals surface area contributed by atoms with E-state index in [1.54, 1.807) is 19.1 Å². The quantitative estimate of drug-likeness (QED) is 0.165. The summed E-state index contributed by atoms with van der Waals surface area (Å²) in [7, 11) is 0.